The van der Waals surface area contributed by atoms with Crippen molar-refractivity contribution in [3.63, 3.8) is 0 Å². The number of thiophene rings is 1. The van der Waals surface area contributed by atoms with Crippen molar-refractivity contribution in [2.45, 2.75) is 19.4 Å². The van der Waals surface area contributed by atoms with Crippen LogP contribution in [0.15, 0.2) is 17.5 Å². The fourth-order valence-corrected chi connectivity index (χ4v) is 3.40. The molecule has 0 saturated heterocycles. The Morgan fingerprint density at radius 1 is 1.32 bits per heavy atom. The van der Waals surface area contributed by atoms with E-state index < -0.39 is 17.6 Å². The molecular weight excluding hydrogens is 273 g/mol. The molecule has 2 nitrogen and oxygen atoms in total. The predicted molar refractivity (Wildman–Crippen MR) is 67.9 cm³/mol. The highest BCUT2D eigenvalue weighted by atomic mass is 32.1. The minimum absolute atomic E-state index is 0.0955. The molecule has 0 saturated carbocycles. The van der Waals surface area contributed by atoms with Crippen LogP contribution < -0.4 is 4.90 Å². The van der Waals surface area contributed by atoms with Crippen LogP contribution in [-0.2, 0) is 6.42 Å². The van der Waals surface area contributed by atoms with Crippen LogP contribution in [0.5, 0.6) is 0 Å². The second kappa shape index (κ2) is 4.52. The van der Waals surface area contributed by atoms with Crippen LogP contribution >= 0.6 is 11.3 Å². The molecule has 2 aromatic rings. The van der Waals surface area contributed by atoms with Gasteiger partial charge in [0.25, 0.3) is 5.95 Å². The van der Waals surface area contributed by atoms with Gasteiger partial charge in [-0.05, 0) is 30.4 Å². The maximum Gasteiger partial charge on any atom is 0.251 e. The van der Waals surface area contributed by atoms with Crippen LogP contribution in [0, 0.1) is 17.6 Å². The molecular formula is C13H11F3N2S. The fourth-order valence-electron chi connectivity index (χ4n) is 2.44. The molecule has 3 heterocycles. The molecule has 0 spiro atoms. The number of aromatic nitrogens is 1. The van der Waals surface area contributed by atoms with Gasteiger partial charge < -0.3 is 4.90 Å². The van der Waals surface area contributed by atoms with Crippen molar-refractivity contribution >= 4 is 17.2 Å². The van der Waals surface area contributed by atoms with Gasteiger partial charge in [0, 0.05) is 17.5 Å². The van der Waals surface area contributed by atoms with Gasteiger partial charge in [0.1, 0.15) is 0 Å². The van der Waals surface area contributed by atoms with Gasteiger partial charge in [-0.3, -0.25) is 0 Å². The number of fused-ring (bicyclic) bond motifs is 1. The highest BCUT2D eigenvalue weighted by Crippen LogP contribution is 2.36. The minimum atomic E-state index is -1.26. The lowest BCUT2D eigenvalue weighted by atomic mass is 10.0. The smallest absolute Gasteiger partial charge is 0.251 e. The standard InChI is InChI=1S/C13H11F3N2S/c1-7-8-3-5-19-11(8)2-4-18(7)13-10(15)6-9(14)12(16)17-13/h3,5-7H,2,4H2,1H3. The average Bonchev–Trinajstić information content (AvgIpc) is 2.84. The molecule has 1 atom stereocenters. The number of pyridine rings is 1. The van der Waals surface area contributed by atoms with Gasteiger partial charge in [0.05, 0.1) is 6.04 Å². The Hall–Kier alpha value is -1.56. The average molecular weight is 284 g/mol. The summed E-state index contributed by atoms with van der Waals surface area (Å²) in [7, 11) is 0. The van der Waals surface area contributed by atoms with E-state index in [1.807, 2.05) is 18.4 Å². The minimum Gasteiger partial charge on any atom is -0.347 e. The third-order valence-electron chi connectivity index (χ3n) is 3.42. The molecule has 1 unspecified atom stereocenters. The molecule has 1 aliphatic rings. The third kappa shape index (κ3) is 2.00. The van der Waals surface area contributed by atoms with Crippen LogP contribution in [0.25, 0.3) is 0 Å². The first kappa shape index (κ1) is 12.5. The zero-order chi connectivity index (χ0) is 13.6. The van der Waals surface area contributed by atoms with Gasteiger partial charge in [-0.1, -0.05) is 0 Å². The van der Waals surface area contributed by atoms with Crippen LogP contribution in [-0.4, -0.2) is 11.5 Å². The van der Waals surface area contributed by atoms with Crippen LogP contribution in [0.4, 0.5) is 19.0 Å². The van der Waals surface area contributed by atoms with E-state index in [1.54, 1.807) is 16.2 Å². The molecule has 0 aliphatic carbocycles. The van der Waals surface area contributed by atoms with Crippen molar-refractivity contribution in [1.29, 1.82) is 0 Å². The number of hydrogen-bond donors (Lipinski definition) is 0. The molecule has 19 heavy (non-hydrogen) atoms. The molecule has 0 N–H and O–H groups in total. The number of rotatable bonds is 1. The summed E-state index contributed by atoms with van der Waals surface area (Å²) in [5, 5.41) is 1.99. The van der Waals surface area contributed by atoms with E-state index in [0.717, 1.165) is 12.0 Å². The first-order chi connectivity index (χ1) is 9.08. The predicted octanol–water partition coefficient (Wildman–Crippen LogP) is 3.68. The van der Waals surface area contributed by atoms with E-state index >= 15 is 0 Å². The summed E-state index contributed by atoms with van der Waals surface area (Å²) < 4.78 is 39.9. The number of nitrogens with zero attached hydrogens (tertiary/aromatic N) is 2. The Balaban J connectivity index is 2.02. The first-order valence-corrected chi connectivity index (χ1v) is 6.80. The largest absolute Gasteiger partial charge is 0.347 e. The van der Waals surface area contributed by atoms with E-state index in [0.29, 0.717) is 12.6 Å². The molecule has 0 aromatic carbocycles. The summed E-state index contributed by atoms with van der Waals surface area (Å²) in [5.41, 5.74) is 1.10. The lowest BCUT2D eigenvalue weighted by Gasteiger charge is -2.34. The van der Waals surface area contributed by atoms with Crippen molar-refractivity contribution in [2.75, 3.05) is 11.4 Å². The molecule has 0 bridgehead atoms. The summed E-state index contributed by atoms with van der Waals surface area (Å²) >= 11 is 1.66. The van der Waals surface area contributed by atoms with Crippen molar-refractivity contribution in [1.82, 2.24) is 4.98 Å². The van der Waals surface area contributed by atoms with Crippen molar-refractivity contribution in [3.8, 4) is 0 Å². The van der Waals surface area contributed by atoms with E-state index in [-0.39, 0.29) is 11.9 Å². The Labute approximate surface area is 112 Å². The van der Waals surface area contributed by atoms with Crippen molar-refractivity contribution in [3.05, 3.63) is 45.5 Å². The monoisotopic (exact) mass is 284 g/mol. The number of anilines is 1. The molecule has 0 fully saturated rings. The van der Waals surface area contributed by atoms with Gasteiger partial charge >= 0.3 is 0 Å². The van der Waals surface area contributed by atoms with Gasteiger partial charge in [0.15, 0.2) is 17.5 Å². The van der Waals surface area contributed by atoms with E-state index in [1.165, 1.54) is 4.88 Å². The summed E-state index contributed by atoms with van der Waals surface area (Å²) in [6, 6.07) is 2.43. The molecule has 2 aromatic heterocycles. The molecule has 0 radical (unpaired) electrons. The third-order valence-corrected chi connectivity index (χ3v) is 4.41. The van der Waals surface area contributed by atoms with Gasteiger partial charge in [0.2, 0.25) is 0 Å². The van der Waals surface area contributed by atoms with Crippen LogP contribution in [0.3, 0.4) is 0 Å². The lowest BCUT2D eigenvalue weighted by molar-refractivity contribution is 0.458. The van der Waals surface area contributed by atoms with Crippen molar-refractivity contribution in [2.24, 2.45) is 0 Å². The summed E-state index contributed by atoms with van der Waals surface area (Å²) in [4.78, 5) is 6.35. The van der Waals surface area contributed by atoms with Gasteiger partial charge in [-0.2, -0.15) is 9.37 Å². The molecule has 6 heteroatoms. The zero-order valence-corrected chi connectivity index (χ0v) is 11.0. The second-order valence-electron chi connectivity index (χ2n) is 4.48. The Kier molecular flexibility index (Phi) is 2.97. The van der Waals surface area contributed by atoms with E-state index in [9.17, 15) is 13.2 Å². The highest BCUT2D eigenvalue weighted by molar-refractivity contribution is 7.10. The molecule has 100 valence electrons. The summed E-state index contributed by atoms with van der Waals surface area (Å²) in [5.74, 6) is -3.48. The van der Waals surface area contributed by atoms with Gasteiger partial charge in [-0.25, -0.2) is 8.78 Å². The van der Waals surface area contributed by atoms with Crippen LogP contribution in [0.1, 0.15) is 23.4 Å². The highest BCUT2D eigenvalue weighted by Gasteiger charge is 2.28. The Bertz CT molecular complexity index is 626. The first-order valence-electron chi connectivity index (χ1n) is 5.92. The summed E-state index contributed by atoms with van der Waals surface area (Å²) in [6.07, 6.45) is 0.761. The fraction of sp³-hybridized carbons (Fsp3) is 0.308. The topological polar surface area (TPSA) is 16.1 Å². The lowest BCUT2D eigenvalue weighted by Crippen LogP contribution is -2.34. The summed E-state index contributed by atoms with van der Waals surface area (Å²) in [6.45, 7) is 2.46. The normalized spacial score (nSPS) is 18.5. The zero-order valence-electron chi connectivity index (χ0n) is 10.2. The molecule has 3 rings (SSSR count). The molecule has 0 amide bonds. The van der Waals surface area contributed by atoms with Gasteiger partial charge in [-0.15, -0.1) is 11.3 Å². The quantitative estimate of drug-likeness (QED) is 0.743. The molecule has 1 aliphatic heterocycles. The number of hydrogen-bond acceptors (Lipinski definition) is 3. The Morgan fingerprint density at radius 2 is 2.11 bits per heavy atom. The van der Waals surface area contributed by atoms with Crippen molar-refractivity contribution < 1.29 is 13.2 Å². The maximum atomic E-state index is 13.8. The van der Waals surface area contributed by atoms with E-state index in [4.69, 9.17) is 0 Å². The van der Waals surface area contributed by atoms with Crippen LogP contribution in [0.2, 0.25) is 0 Å². The maximum absolute atomic E-state index is 13.8. The second-order valence-corrected chi connectivity index (χ2v) is 5.49. The van der Waals surface area contributed by atoms with E-state index in [2.05, 4.69) is 4.98 Å². The SMILES string of the molecule is CC1c2ccsc2CCN1c1nc(F)c(F)cc1F. The number of halogens is 3. The Morgan fingerprint density at radius 3 is 2.89 bits per heavy atom.